The second-order valence-corrected chi connectivity index (χ2v) is 4.73. The summed E-state index contributed by atoms with van der Waals surface area (Å²) in [6, 6.07) is 10.7. The molecule has 1 atom stereocenters. The molecular weight excluding hydrogens is 264 g/mol. The fraction of sp³-hybridized carbons (Fsp3) is 0.235. The van der Waals surface area contributed by atoms with E-state index in [1.165, 1.54) is 0 Å². The summed E-state index contributed by atoms with van der Waals surface area (Å²) in [5, 5.41) is 2.90. The Hall–Kier alpha value is -2.51. The number of carbonyl (C=O) groups is 1. The molecule has 0 bridgehead atoms. The molecule has 2 rings (SSSR count). The highest BCUT2D eigenvalue weighted by Crippen LogP contribution is 2.16. The van der Waals surface area contributed by atoms with Crippen molar-refractivity contribution >= 4 is 5.91 Å². The first-order valence-corrected chi connectivity index (χ1v) is 6.76. The molecule has 0 radical (unpaired) electrons. The molecule has 0 aliphatic heterocycles. The molecule has 21 heavy (non-hydrogen) atoms. The van der Waals surface area contributed by atoms with Gasteiger partial charge in [0.2, 0.25) is 0 Å². The molecule has 108 valence electrons. The van der Waals surface area contributed by atoms with E-state index in [-0.39, 0.29) is 11.9 Å². The smallest absolute Gasteiger partial charge is 0.251 e. The molecule has 0 aliphatic carbocycles. The first-order chi connectivity index (χ1) is 10.1. The Morgan fingerprint density at radius 2 is 2.19 bits per heavy atom. The summed E-state index contributed by atoms with van der Waals surface area (Å²) >= 11 is 0. The molecular formula is C17H18N2O2. The van der Waals surface area contributed by atoms with Crippen molar-refractivity contribution < 1.29 is 9.21 Å². The number of hydrogen-bond acceptors (Lipinski definition) is 3. The fourth-order valence-electron chi connectivity index (χ4n) is 1.93. The third-order valence-electron chi connectivity index (χ3n) is 3.00. The Bertz CT molecular complexity index is 692. The lowest BCUT2D eigenvalue weighted by Gasteiger charge is -2.11. The van der Waals surface area contributed by atoms with Gasteiger partial charge in [0.15, 0.2) is 0 Å². The molecule has 1 aromatic carbocycles. The van der Waals surface area contributed by atoms with Crippen molar-refractivity contribution in [1.82, 2.24) is 5.32 Å². The van der Waals surface area contributed by atoms with E-state index in [4.69, 9.17) is 10.2 Å². The van der Waals surface area contributed by atoms with Gasteiger partial charge in [-0.3, -0.25) is 4.79 Å². The molecule has 1 unspecified atom stereocenters. The van der Waals surface area contributed by atoms with Gasteiger partial charge in [0, 0.05) is 11.1 Å². The number of nitrogens with two attached hydrogens (primary N) is 1. The Labute approximate surface area is 124 Å². The number of nitrogens with one attached hydrogen (secondary N) is 1. The van der Waals surface area contributed by atoms with Gasteiger partial charge in [0.1, 0.15) is 11.5 Å². The summed E-state index contributed by atoms with van der Waals surface area (Å²) in [5.74, 6) is 7.09. The SMILES string of the molecule is Cc1ccc(C(C)NC(=O)c2cccc(C#CCN)c2)o1. The quantitative estimate of drug-likeness (QED) is 0.849. The van der Waals surface area contributed by atoms with Crippen molar-refractivity contribution in [3.8, 4) is 11.8 Å². The van der Waals surface area contributed by atoms with Crippen molar-refractivity contribution in [2.75, 3.05) is 6.54 Å². The van der Waals surface area contributed by atoms with Crippen LogP contribution in [0.4, 0.5) is 0 Å². The maximum absolute atomic E-state index is 12.2. The predicted octanol–water partition coefficient (Wildman–Crippen LogP) is 2.39. The van der Waals surface area contributed by atoms with Crippen LogP contribution in [0.5, 0.6) is 0 Å². The maximum Gasteiger partial charge on any atom is 0.251 e. The van der Waals surface area contributed by atoms with E-state index in [1.807, 2.05) is 32.0 Å². The van der Waals surface area contributed by atoms with Crippen LogP contribution in [0, 0.1) is 18.8 Å². The highest BCUT2D eigenvalue weighted by Gasteiger charge is 2.14. The molecule has 0 aliphatic rings. The first-order valence-electron chi connectivity index (χ1n) is 6.76. The van der Waals surface area contributed by atoms with Crippen LogP contribution in [-0.4, -0.2) is 12.5 Å². The predicted molar refractivity (Wildman–Crippen MR) is 81.7 cm³/mol. The summed E-state index contributed by atoms with van der Waals surface area (Å²) in [6.45, 7) is 4.05. The number of aryl methyl sites for hydroxylation is 1. The number of furan rings is 1. The van der Waals surface area contributed by atoms with E-state index in [0.29, 0.717) is 12.1 Å². The average molecular weight is 282 g/mol. The first kappa shape index (κ1) is 14.9. The number of carbonyl (C=O) groups excluding carboxylic acids is 1. The summed E-state index contributed by atoms with van der Waals surface area (Å²) in [4.78, 5) is 12.2. The van der Waals surface area contributed by atoms with Crippen LogP contribution in [-0.2, 0) is 0 Å². The Morgan fingerprint density at radius 1 is 1.38 bits per heavy atom. The third-order valence-corrected chi connectivity index (χ3v) is 3.00. The van der Waals surface area contributed by atoms with Gasteiger partial charge in [-0.25, -0.2) is 0 Å². The van der Waals surface area contributed by atoms with Crippen molar-refractivity contribution in [1.29, 1.82) is 0 Å². The molecule has 2 aromatic rings. The van der Waals surface area contributed by atoms with Crippen LogP contribution in [0.25, 0.3) is 0 Å². The molecule has 1 heterocycles. The minimum Gasteiger partial charge on any atom is -0.464 e. The lowest BCUT2D eigenvalue weighted by molar-refractivity contribution is 0.0935. The van der Waals surface area contributed by atoms with Crippen LogP contribution in [0.2, 0.25) is 0 Å². The average Bonchev–Trinajstić information content (AvgIpc) is 2.92. The second-order valence-electron chi connectivity index (χ2n) is 4.73. The van der Waals surface area contributed by atoms with Crippen molar-refractivity contribution in [3.05, 3.63) is 59.0 Å². The van der Waals surface area contributed by atoms with Crippen LogP contribution < -0.4 is 11.1 Å². The van der Waals surface area contributed by atoms with E-state index >= 15 is 0 Å². The Balaban J connectivity index is 2.09. The summed E-state index contributed by atoms with van der Waals surface area (Å²) in [5.41, 5.74) is 6.68. The number of hydrogen-bond donors (Lipinski definition) is 2. The highest BCUT2D eigenvalue weighted by atomic mass is 16.3. The van der Waals surface area contributed by atoms with Crippen molar-refractivity contribution in [2.45, 2.75) is 19.9 Å². The maximum atomic E-state index is 12.2. The number of amides is 1. The monoisotopic (exact) mass is 282 g/mol. The van der Waals surface area contributed by atoms with Gasteiger partial charge in [0.25, 0.3) is 5.91 Å². The molecule has 4 nitrogen and oxygen atoms in total. The lowest BCUT2D eigenvalue weighted by atomic mass is 10.1. The minimum absolute atomic E-state index is 0.159. The zero-order chi connectivity index (χ0) is 15.2. The third kappa shape index (κ3) is 3.98. The van der Waals surface area contributed by atoms with Crippen LogP contribution >= 0.6 is 0 Å². The zero-order valence-electron chi connectivity index (χ0n) is 12.1. The molecule has 4 heteroatoms. The van der Waals surface area contributed by atoms with E-state index in [9.17, 15) is 4.79 Å². The van der Waals surface area contributed by atoms with Crippen LogP contribution in [0.1, 0.15) is 40.4 Å². The van der Waals surface area contributed by atoms with Gasteiger partial charge in [-0.2, -0.15) is 0 Å². The molecule has 0 spiro atoms. The van der Waals surface area contributed by atoms with Gasteiger partial charge >= 0.3 is 0 Å². The van der Waals surface area contributed by atoms with E-state index < -0.39 is 0 Å². The van der Waals surface area contributed by atoms with Crippen LogP contribution in [0.15, 0.2) is 40.8 Å². The molecule has 1 aromatic heterocycles. The van der Waals surface area contributed by atoms with Gasteiger partial charge in [-0.15, -0.1) is 0 Å². The Kier molecular flexibility index (Phi) is 4.81. The molecule has 0 saturated carbocycles. The van der Waals surface area contributed by atoms with E-state index in [2.05, 4.69) is 17.2 Å². The topological polar surface area (TPSA) is 68.3 Å². The standard InChI is InChI=1S/C17H18N2O2/c1-12-8-9-16(21-12)13(2)19-17(20)15-7-3-5-14(11-15)6-4-10-18/h3,5,7-9,11,13H,10,18H2,1-2H3,(H,19,20). The van der Waals surface area contributed by atoms with Gasteiger partial charge in [-0.05, 0) is 44.2 Å². The number of benzene rings is 1. The molecule has 0 fully saturated rings. The van der Waals surface area contributed by atoms with Crippen LogP contribution in [0.3, 0.4) is 0 Å². The van der Waals surface area contributed by atoms with E-state index in [0.717, 1.165) is 17.1 Å². The van der Waals surface area contributed by atoms with Crippen molar-refractivity contribution in [3.63, 3.8) is 0 Å². The van der Waals surface area contributed by atoms with Gasteiger partial charge < -0.3 is 15.5 Å². The second kappa shape index (κ2) is 6.78. The fourth-order valence-corrected chi connectivity index (χ4v) is 1.93. The highest BCUT2D eigenvalue weighted by molar-refractivity contribution is 5.94. The van der Waals surface area contributed by atoms with Gasteiger partial charge in [-0.1, -0.05) is 17.9 Å². The van der Waals surface area contributed by atoms with Crippen molar-refractivity contribution in [2.24, 2.45) is 5.73 Å². The largest absolute Gasteiger partial charge is 0.464 e. The number of rotatable bonds is 3. The Morgan fingerprint density at radius 3 is 2.86 bits per heavy atom. The summed E-state index contributed by atoms with van der Waals surface area (Å²) in [6.07, 6.45) is 0. The summed E-state index contributed by atoms with van der Waals surface area (Å²) in [7, 11) is 0. The molecule has 1 amide bonds. The zero-order valence-corrected chi connectivity index (χ0v) is 12.1. The van der Waals surface area contributed by atoms with Gasteiger partial charge in [0.05, 0.1) is 12.6 Å². The summed E-state index contributed by atoms with van der Waals surface area (Å²) < 4.78 is 5.51. The lowest BCUT2D eigenvalue weighted by Crippen LogP contribution is -2.26. The molecule has 0 saturated heterocycles. The molecule has 3 N–H and O–H groups in total. The van der Waals surface area contributed by atoms with E-state index in [1.54, 1.807) is 18.2 Å². The normalized spacial score (nSPS) is 11.4. The minimum atomic E-state index is -0.190.